The third-order valence-electron chi connectivity index (χ3n) is 5.07. The fourth-order valence-electron chi connectivity index (χ4n) is 3.59. The lowest BCUT2D eigenvalue weighted by molar-refractivity contribution is 0.0687. The largest absolute Gasteiger partial charge is 0.339 e. The minimum absolute atomic E-state index is 0. The zero-order valence-corrected chi connectivity index (χ0v) is 16.7. The maximum atomic E-state index is 12.7. The number of amides is 1. The van der Waals surface area contributed by atoms with Crippen molar-refractivity contribution in [2.24, 2.45) is 5.92 Å². The van der Waals surface area contributed by atoms with Gasteiger partial charge < -0.3 is 10.2 Å². The third-order valence-corrected chi connectivity index (χ3v) is 5.07. The summed E-state index contributed by atoms with van der Waals surface area (Å²) < 4.78 is 1.91. The van der Waals surface area contributed by atoms with Crippen molar-refractivity contribution < 1.29 is 4.79 Å². The molecule has 142 valence electrons. The van der Waals surface area contributed by atoms with Crippen molar-refractivity contribution in [3.05, 3.63) is 47.3 Å². The first-order valence-electron chi connectivity index (χ1n) is 9.16. The summed E-state index contributed by atoms with van der Waals surface area (Å²) in [6.45, 7) is 6.82. The van der Waals surface area contributed by atoms with E-state index in [9.17, 15) is 4.79 Å². The van der Waals surface area contributed by atoms with E-state index in [0.29, 0.717) is 0 Å². The molecule has 5 nitrogen and oxygen atoms in total. The van der Waals surface area contributed by atoms with Gasteiger partial charge in [-0.2, -0.15) is 5.10 Å². The Labute approximate surface area is 162 Å². The highest BCUT2D eigenvalue weighted by atomic mass is 35.5. The number of aromatic nitrogens is 2. The summed E-state index contributed by atoms with van der Waals surface area (Å²) in [5, 5.41) is 7.71. The lowest BCUT2D eigenvalue weighted by Crippen LogP contribution is -2.38. The Bertz CT molecular complexity index is 718. The summed E-state index contributed by atoms with van der Waals surface area (Å²) in [6.07, 6.45) is 3.42. The minimum atomic E-state index is 0. The van der Waals surface area contributed by atoms with Gasteiger partial charge in [-0.05, 0) is 83.0 Å². The Hall–Kier alpha value is -1.85. The highest BCUT2D eigenvalue weighted by Gasteiger charge is 2.23. The Morgan fingerprint density at radius 2 is 1.85 bits per heavy atom. The van der Waals surface area contributed by atoms with E-state index in [0.717, 1.165) is 61.0 Å². The second-order valence-electron chi connectivity index (χ2n) is 7.01. The van der Waals surface area contributed by atoms with E-state index >= 15 is 0 Å². The molecule has 0 bridgehead atoms. The lowest BCUT2D eigenvalue weighted by atomic mass is 9.93. The van der Waals surface area contributed by atoms with E-state index in [1.54, 1.807) is 0 Å². The number of rotatable bonds is 5. The third kappa shape index (κ3) is 4.65. The van der Waals surface area contributed by atoms with Gasteiger partial charge in [-0.1, -0.05) is 0 Å². The van der Waals surface area contributed by atoms with Crippen LogP contribution in [0.25, 0.3) is 5.69 Å². The van der Waals surface area contributed by atoms with Crippen LogP contribution in [0.5, 0.6) is 0 Å². The Kier molecular flexibility index (Phi) is 7.23. The monoisotopic (exact) mass is 376 g/mol. The van der Waals surface area contributed by atoms with Crippen LogP contribution in [-0.2, 0) is 0 Å². The van der Waals surface area contributed by atoms with E-state index < -0.39 is 0 Å². The predicted molar refractivity (Wildman–Crippen MR) is 107 cm³/mol. The number of hydrogen-bond acceptors (Lipinski definition) is 3. The molecule has 6 heteroatoms. The molecule has 3 rings (SSSR count). The van der Waals surface area contributed by atoms with Crippen molar-refractivity contribution in [2.45, 2.75) is 33.1 Å². The number of nitrogens with one attached hydrogen (secondary N) is 1. The number of nitrogens with zero attached hydrogens (tertiary/aromatic N) is 3. The van der Waals surface area contributed by atoms with E-state index in [1.165, 1.54) is 6.42 Å². The highest BCUT2D eigenvalue weighted by molar-refractivity contribution is 5.94. The molecule has 2 heterocycles. The lowest BCUT2D eigenvalue weighted by Gasteiger charge is -2.32. The van der Waals surface area contributed by atoms with Crippen LogP contribution in [0, 0.1) is 19.8 Å². The number of piperidine rings is 1. The first-order chi connectivity index (χ1) is 12.1. The highest BCUT2D eigenvalue weighted by Crippen LogP contribution is 2.22. The van der Waals surface area contributed by atoms with Gasteiger partial charge >= 0.3 is 0 Å². The Morgan fingerprint density at radius 3 is 2.38 bits per heavy atom. The molecule has 1 aromatic heterocycles. The van der Waals surface area contributed by atoms with Crippen LogP contribution in [0.15, 0.2) is 30.3 Å². The van der Waals surface area contributed by atoms with Crippen molar-refractivity contribution in [3.63, 3.8) is 0 Å². The molecule has 2 aromatic rings. The van der Waals surface area contributed by atoms with Crippen LogP contribution in [0.3, 0.4) is 0 Å². The van der Waals surface area contributed by atoms with E-state index in [2.05, 4.69) is 16.5 Å². The molecule has 0 radical (unpaired) electrons. The van der Waals surface area contributed by atoms with Gasteiger partial charge in [-0.15, -0.1) is 12.4 Å². The summed E-state index contributed by atoms with van der Waals surface area (Å²) in [5.41, 5.74) is 3.85. The van der Waals surface area contributed by atoms with Gasteiger partial charge in [0.25, 0.3) is 5.91 Å². The molecule has 1 N–H and O–H groups in total. The summed E-state index contributed by atoms with van der Waals surface area (Å²) in [6, 6.07) is 9.85. The van der Waals surface area contributed by atoms with Crippen LogP contribution in [0.4, 0.5) is 0 Å². The number of carbonyl (C=O) groups is 1. The number of halogens is 1. The second-order valence-corrected chi connectivity index (χ2v) is 7.01. The van der Waals surface area contributed by atoms with Gasteiger partial charge in [-0.25, -0.2) is 4.68 Å². The standard InChI is InChI=1S/C20H28N4O.ClH/c1-15-14-16(2)24(22-15)19-6-4-18(5-7-19)20(25)23-12-9-17(10-13-23)8-11-21-3;/h4-7,14,17,21H,8-13H2,1-3H3;1H. The fourth-order valence-corrected chi connectivity index (χ4v) is 3.59. The molecule has 0 spiro atoms. The molecule has 1 aromatic carbocycles. The van der Waals surface area contributed by atoms with Crippen molar-refractivity contribution in [1.82, 2.24) is 20.0 Å². The number of likely N-dealkylation sites (tertiary alicyclic amines) is 1. The molecule has 0 unspecified atom stereocenters. The van der Waals surface area contributed by atoms with Gasteiger partial charge in [0.15, 0.2) is 0 Å². The smallest absolute Gasteiger partial charge is 0.253 e. The van der Waals surface area contributed by atoms with Gasteiger partial charge in [0.1, 0.15) is 0 Å². The maximum absolute atomic E-state index is 12.7. The first kappa shape index (κ1) is 20.5. The summed E-state index contributed by atoms with van der Waals surface area (Å²) >= 11 is 0. The van der Waals surface area contributed by atoms with Crippen molar-refractivity contribution >= 4 is 18.3 Å². The SMILES string of the molecule is CNCCC1CCN(C(=O)c2ccc(-n3nc(C)cc3C)cc2)CC1.Cl. The second kappa shape index (κ2) is 9.19. The van der Waals surface area contributed by atoms with Crippen LogP contribution >= 0.6 is 12.4 Å². The molecule has 1 aliphatic heterocycles. The molecular weight excluding hydrogens is 348 g/mol. The molecule has 1 amide bonds. The number of carbonyl (C=O) groups excluding carboxylic acids is 1. The molecule has 1 aliphatic rings. The average molecular weight is 377 g/mol. The molecule has 1 fully saturated rings. The van der Waals surface area contributed by atoms with Crippen LogP contribution in [-0.4, -0.2) is 47.3 Å². The normalized spacial score (nSPS) is 15.0. The molecule has 1 saturated heterocycles. The van der Waals surface area contributed by atoms with E-state index in [-0.39, 0.29) is 18.3 Å². The Morgan fingerprint density at radius 1 is 1.19 bits per heavy atom. The average Bonchev–Trinajstić information content (AvgIpc) is 2.98. The fraction of sp³-hybridized carbons (Fsp3) is 0.500. The van der Waals surface area contributed by atoms with Crippen molar-refractivity contribution in [2.75, 3.05) is 26.7 Å². The first-order valence-corrected chi connectivity index (χ1v) is 9.16. The van der Waals surface area contributed by atoms with E-state index in [1.807, 2.05) is 54.7 Å². The summed E-state index contributed by atoms with van der Waals surface area (Å²) in [7, 11) is 1.99. The van der Waals surface area contributed by atoms with E-state index in [4.69, 9.17) is 0 Å². The van der Waals surface area contributed by atoms with Crippen molar-refractivity contribution in [3.8, 4) is 5.69 Å². The van der Waals surface area contributed by atoms with Crippen molar-refractivity contribution in [1.29, 1.82) is 0 Å². The number of aryl methyl sites for hydroxylation is 2. The van der Waals surface area contributed by atoms with Crippen LogP contribution < -0.4 is 5.32 Å². The zero-order chi connectivity index (χ0) is 17.8. The molecule has 26 heavy (non-hydrogen) atoms. The molecule has 0 aliphatic carbocycles. The van der Waals surface area contributed by atoms with Gasteiger partial charge in [0.05, 0.1) is 11.4 Å². The number of benzene rings is 1. The van der Waals surface area contributed by atoms with Gasteiger partial charge in [-0.3, -0.25) is 4.79 Å². The van der Waals surface area contributed by atoms with Gasteiger partial charge in [0.2, 0.25) is 0 Å². The summed E-state index contributed by atoms with van der Waals surface area (Å²) in [5.74, 6) is 0.886. The van der Waals surface area contributed by atoms with Gasteiger partial charge in [0, 0.05) is 24.3 Å². The molecule has 0 saturated carbocycles. The zero-order valence-electron chi connectivity index (χ0n) is 15.9. The number of hydrogen-bond donors (Lipinski definition) is 1. The predicted octanol–water partition coefficient (Wildman–Crippen LogP) is 3.37. The minimum Gasteiger partial charge on any atom is -0.339 e. The summed E-state index contributed by atoms with van der Waals surface area (Å²) in [4.78, 5) is 14.7. The topological polar surface area (TPSA) is 50.2 Å². The Balaban J connectivity index is 0.00000243. The quantitative estimate of drug-likeness (QED) is 0.870. The maximum Gasteiger partial charge on any atom is 0.253 e. The van der Waals surface area contributed by atoms with Crippen LogP contribution in [0.1, 0.15) is 41.0 Å². The van der Waals surface area contributed by atoms with Crippen LogP contribution in [0.2, 0.25) is 0 Å². The molecule has 0 atom stereocenters. The molecular formula is C20H29ClN4O.